The van der Waals surface area contributed by atoms with Crippen molar-refractivity contribution in [3.63, 3.8) is 0 Å². The minimum absolute atomic E-state index is 0.0710. The minimum Gasteiger partial charge on any atom is -0.354 e. The number of amides is 2. The molecule has 0 unspecified atom stereocenters. The quantitative estimate of drug-likeness (QED) is 0.542. The van der Waals surface area contributed by atoms with E-state index in [9.17, 15) is 4.79 Å². The van der Waals surface area contributed by atoms with Crippen LogP contribution in [0.4, 0.5) is 16.3 Å². The van der Waals surface area contributed by atoms with Crippen LogP contribution in [-0.2, 0) is 6.42 Å². The van der Waals surface area contributed by atoms with E-state index >= 15 is 0 Å². The number of aryl methyl sites for hydroxylation is 2. The smallest absolute Gasteiger partial charge is 0.321 e. The number of benzene rings is 2. The summed E-state index contributed by atoms with van der Waals surface area (Å²) in [6, 6.07) is 18.0. The molecule has 3 aromatic rings. The number of carbonyl (C=O) groups is 1. The molecule has 2 heterocycles. The van der Waals surface area contributed by atoms with Gasteiger partial charge in [0.05, 0.1) is 5.69 Å². The second kappa shape index (κ2) is 10.1. The average Bonchev–Trinajstić information content (AvgIpc) is 3.04. The molecule has 2 amide bonds. The van der Waals surface area contributed by atoms with E-state index in [1.807, 2.05) is 42.2 Å². The lowest BCUT2D eigenvalue weighted by Crippen LogP contribution is -2.38. The van der Waals surface area contributed by atoms with Crippen LogP contribution in [0, 0.1) is 13.8 Å². The second-order valence-electron chi connectivity index (χ2n) is 8.06. The van der Waals surface area contributed by atoms with Gasteiger partial charge in [-0.05, 0) is 53.9 Å². The third kappa shape index (κ3) is 5.27. The molecule has 1 fully saturated rings. The van der Waals surface area contributed by atoms with Crippen LogP contribution in [0.2, 0.25) is 0 Å². The van der Waals surface area contributed by atoms with Crippen molar-refractivity contribution in [3.8, 4) is 0 Å². The van der Waals surface area contributed by atoms with Gasteiger partial charge in [-0.1, -0.05) is 42.5 Å². The van der Waals surface area contributed by atoms with E-state index in [0.717, 1.165) is 59.0 Å². The lowest BCUT2D eigenvalue weighted by atomic mass is 10.0. The third-order valence-corrected chi connectivity index (χ3v) is 6.42. The molecule has 1 aromatic heterocycles. The van der Waals surface area contributed by atoms with Crippen molar-refractivity contribution in [3.05, 3.63) is 81.7 Å². The Kier molecular flexibility index (Phi) is 7.05. The number of nitrogens with one attached hydrogen (secondary N) is 1. The zero-order valence-electron chi connectivity index (χ0n) is 18.5. The molecule has 2 aromatic carbocycles. The van der Waals surface area contributed by atoms with Crippen LogP contribution < -0.4 is 10.2 Å². The van der Waals surface area contributed by atoms with Gasteiger partial charge in [0.25, 0.3) is 0 Å². The van der Waals surface area contributed by atoms with Crippen LogP contribution in [0.15, 0.2) is 59.1 Å². The fourth-order valence-electron chi connectivity index (χ4n) is 4.08. The minimum atomic E-state index is -0.0710. The first-order chi connectivity index (χ1) is 15.5. The predicted octanol–water partition coefficient (Wildman–Crippen LogP) is 5.19. The zero-order chi connectivity index (χ0) is 22.5. The van der Waals surface area contributed by atoms with Crippen molar-refractivity contribution >= 4 is 33.5 Å². The van der Waals surface area contributed by atoms with Gasteiger partial charge in [0, 0.05) is 48.3 Å². The number of halogens is 1. The standard InChI is InChI=1S/C25H28BrN5O/c1-18-21(17-20-9-4-3-5-10-20)24(28-19(2)27-18)30-13-8-14-31(16-15-30)25(32)29-23-12-7-6-11-22(23)26/h3-7,9-12H,8,13-17H2,1-2H3,(H,29,32). The highest BCUT2D eigenvalue weighted by molar-refractivity contribution is 9.10. The summed E-state index contributed by atoms with van der Waals surface area (Å²) in [5, 5.41) is 3.02. The molecule has 7 heteroatoms. The maximum atomic E-state index is 12.9. The number of anilines is 2. The lowest BCUT2D eigenvalue weighted by molar-refractivity contribution is 0.215. The summed E-state index contributed by atoms with van der Waals surface area (Å²) >= 11 is 3.50. The molecule has 1 N–H and O–H groups in total. The number of para-hydroxylation sites is 1. The van der Waals surface area contributed by atoms with Gasteiger partial charge >= 0.3 is 6.03 Å². The predicted molar refractivity (Wildman–Crippen MR) is 132 cm³/mol. The van der Waals surface area contributed by atoms with Gasteiger partial charge < -0.3 is 15.1 Å². The molecule has 0 aliphatic carbocycles. The van der Waals surface area contributed by atoms with Crippen molar-refractivity contribution in [2.75, 3.05) is 36.4 Å². The highest BCUT2D eigenvalue weighted by atomic mass is 79.9. The van der Waals surface area contributed by atoms with Crippen LogP contribution in [0.1, 0.15) is 29.1 Å². The third-order valence-electron chi connectivity index (χ3n) is 5.73. The van der Waals surface area contributed by atoms with Gasteiger partial charge in [0.1, 0.15) is 11.6 Å². The fraction of sp³-hybridized carbons (Fsp3) is 0.320. The zero-order valence-corrected chi connectivity index (χ0v) is 20.1. The molecule has 1 saturated heterocycles. The fourth-order valence-corrected chi connectivity index (χ4v) is 4.46. The monoisotopic (exact) mass is 493 g/mol. The topological polar surface area (TPSA) is 61.4 Å². The molecule has 4 rings (SSSR count). The molecule has 0 radical (unpaired) electrons. The van der Waals surface area contributed by atoms with Crippen LogP contribution in [0.25, 0.3) is 0 Å². The first-order valence-corrected chi connectivity index (χ1v) is 11.7. The Morgan fingerprint density at radius 2 is 1.72 bits per heavy atom. The molecular formula is C25H28BrN5O. The van der Waals surface area contributed by atoms with E-state index in [1.54, 1.807) is 0 Å². The van der Waals surface area contributed by atoms with E-state index in [4.69, 9.17) is 4.98 Å². The number of rotatable bonds is 4. The van der Waals surface area contributed by atoms with Crippen molar-refractivity contribution in [1.82, 2.24) is 14.9 Å². The first kappa shape index (κ1) is 22.3. The first-order valence-electron chi connectivity index (χ1n) is 10.9. The summed E-state index contributed by atoms with van der Waals surface area (Å²) in [5.41, 5.74) is 4.21. The van der Waals surface area contributed by atoms with Crippen molar-refractivity contribution < 1.29 is 4.79 Å². The number of urea groups is 1. The molecular weight excluding hydrogens is 466 g/mol. The van der Waals surface area contributed by atoms with Crippen LogP contribution >= 0.6 is 15.9 Å². The van der Waals surface area contributed by atoms with Crippen molar-refractivity contribution in [2.24, 2.45) is 0 Å². The molecule has 32 heavy (non-hydrogen) atoms. The normalized spacial score (nSPS) is 14.2. The number of nitrogens with zero attached hydrogens (tertiary/aromatic N) is 4. The second-order valence-corrected chi connectivity index (χ2v) is 8.91. The number of hydrogen-bond acceptors (Lipinski definition) is 4. The molecule has 1 aliphatic heterocycles. The number of hydrogen-bond donors (Lipinski definition) is 1. The summed E-state index contributed by atoms with van der Waals surface area (Å²) in [6.07, 6.45) is 1.68. The van der Waals surface area contributed by atoms with E-state index < -0.39 is 0 Å². The van der Waals surface area contributed by atoms with Gasteiger partial charge in [0.2, 0.25) is 0 Å². The van der Waals surface area contributed by atoms with E-state index in [1.165, 1.54) is 5.56 Å². The largest absolute Gasteiger partial charge is 0.354 e. The summed E-state index contributed by atoms with van der Waals surface area (Å²) in [4.78, 5) is 26.5. The van der Waals surface area contributed by atoms with Crippen molar-refractivity contribution in [1.29, 1.82) is 0 Å². The van der Waals surface area contributed by atoms with E-state index in [-0.39, 0.29) is 6.03 Å². The number of aromatic nitrogens is 2. The summed E-state index contributed by atoms with van der Waals surface area (Å²) in [5.74, 6) is 1.77. The Labute approximate surface area is 197 Å². The van der Waals surface area contributed by atoms with Gasteiger partial charge in [0.15, 0.2) is 0 Å². The maximum Gasteiger partial charge on any atom is 0.321 e. The summed E-state index contributed by atoms with van der Waals surface area (Å²) in [6.45, 7) is 6.95. The van der Waals surface area contributed by atoms with Gasteiger partial charge in [-0.25, -0.2) is 14.8 Å². The molecule has 1 aliphatic rings. The Hall–Kier alpha value is -2.93. The molecule has 0 spiro atoms. The van der Waals surface area contributed by atoms with Gasteiger partial charge in [-0.15, -0.1) is 0 Å². The summed E-state index contributed by atoms with van der Waals surface area (Å²) in [7, 11) is 0. The van der Waals surface area contributed by atoms with Gasteiger partial charge in [-0.3, -0.25) is 0 Å². The Bertz CT molecular complexity index is 1090. The Morgan fingerprint density at radius 3 is 2.50 bits per heavy atom. The molecule has 0 saturated carbocycles. The molecule has 6 nitrogen and oxygen atoms in total. The van der Waals surface area contributed by atoms with E-state index in [2.05, 4.69) is 62.3 Å². The van der Waals surface area contributed by atoms with Gasteiger partial charge in [-0.2, -0.15) is 0 Å². The highest BCUT2D eigenvalue weighted by Crippen LogP contribution is 2.26. The number of carbonyl (C=O) groups excluding carboxylic acids is 1. The summed E-state index contributed by atoms with van der Waals surface area (Å²) < 4.78 is 0.877. The molecule has 0 atom stereocenters. The average molecular weight is 494 g/mol. The Balaban J connectivity index is 1.50. The lowest BCUT2D eigenvalue weighted by Gasteiger charge is -2.26. The van der Waals surface area contributed by atoms with Crippen LogP contribution in [0.5, 0.6) is 0 Å². The Morgan fingerprint density at radius 1 is 0.969 bits per heavy atom. The van der Waals surface area contributed by atoms with Crippen LogP contribution in [0.3, 0.4) is 0 Å². The molecule has 0 bridgehead atoms. The molecule has 166 valence electrons. The van der Waals surface area contributed by atoms with Crippen molar-refractivity contribution in [2.45, 2.75) is 26.7 Å². The SMILES string of the molecule is Cc1nc(C)c(Cc2ccccc2)c(N2CCCN(C(=O)Nc3ccccc3Br)CC2)n1. The maximum absolute atomic E-state index is 12.9. The van der Waals surface area contributed by atoms with E-state index in [0.29, 0.717) is 13.1 Å². The van der Waals surface area contributed by atoms with Crippen LogP contribution in [-0.4, -0.2) is 47.1 Å². The highest BCUT2D eigenvalue weighted by Gasteiger charge is 2.23.